The molecule has 3 N–H and O–H groups in total. The standard InChI is InChI=1S/C27H21ClFN7/c28-17-4-5-20(29)18(12-17)26-27(36-10-2-1-3-25(36)35-26)22-7-6-21-23(34-22)11-16(14-33-21)19(13-30)24-15-31-8-9-32-24/h1-7,10-14,30-32H,8-9,15H2/b24-19+,30-13?. The van der Waals surface area contributed by atoms with Gasteiger partial charge >= 0.3 is 0 Å². The molecule has 0 spiro atoms. The van der Waals surface area contributed by atoms with Gasteiger partial charge in [-0.05, 0) is 48.5 Å². The van der Waals surface area contributed by atoms with Crippen LogP contribution in [-0.2, 0) is 0 Å². The highest BCUT2D eigenvalue weighted by atomic mass is 35.5. The first-order chi connectivity index (χ1) is 17.6. The third-order valence-corrected chi connectivity index (χ3v) is 6.45. The number of nitrogens with one attached hydrogen (secondary N) is 3. The Labute approximate surface area is 211 Å². The zero-order valence-electron chi connectivity index (χ0n) is 19.1. The Kier molecular flexibility index (Phi) is 5.67. The van der Waals surface area contributed by atoms with Gasteiger partial charge in [-0.15, -0.1) is 0 Å². The van der Waals surface area contributed by atoms with Crippen LogP contribution >= 0.6 is 11.6 Å². The fraction of sp³-hybridized carbons (Fsp3) is 0.111. The third-order valence-electron chi connectivity index (χ3n) is 6.22. The zero-order valence-corrected chi connectivity index (χ0v) is 19.9. The predicted octanol–water partition coefficient (Wildman–Crippen LogP) is 4.96. The fourth-order valence-electron chi connectivity index (χ4n) is 4.51. The summed E-state index contributed by atoms with van der Waals surface area (Å²) in [5.41, 5.74) is 6.61. The average molecular weight is 498 g/mol. The summed E-state index contributed by atoms with van der Waals surface area (Å²) < 4.78 is 16.8. The van der Waals surface area contributed by atoms with E-state index in [-0.39, 0.29) is 0 Å². The van der Waals surface area contributed by atoms with E-state index < -0.39 is 5.82 Å². The molecule has 0 saturated carbocycles. The number of benzene rings is 1. The lowest BCUT2D eigenvalue weighted by Crippen LogP contribution is -2.38. The van der Waals surface area contributed by atoms with Crippen molar-refractivity contribution >= 4 is 40.1 Å². The van der Waals surface area contributed by atoms with E-state index in [1.165, 1.54) is 18.3 Å². The van der Waals surface area contributed by atoms with Gasteiger partial charge in [-0.2, -0.15) is 0 Å². The monoisotopic (exact) mass is 497 g/mol. The van der Waals surface area contributed by atoms with E-state index in [4.69, 9.17) is 27.0 Å². The number of piperazine rings is 1. The summed E-state index contributed by atoms with van der Waals surface area (Å²) in [6.07, 6.45) is 4.98. The Morgan fingerprint density at radius 2 is 1.97 bits per heavy atom. The summed E-state index contributed by atoms with van der Waals surface area (Å²) in [4.78, 5) is 14.2. The van der Waals surface area contributed by atoms with Crippen LogP contribution in [0.4, 0.5) is 4.39 Å². The summed E-state index contributed by atoms with van der Waals surface area (Å²) >= 11 is 6.21. The highest BCUT2D eigenvalue weighted by molar-refractivity contribution is 6.30. The second-order valence-electron chi connectivity index (χ2n) is 8.46. The molecule has 1 saturated heterocycles. The van der Waals surface area contributed by atoms with Crippen LogP contribution in [0.25, 0.3) is 44.9 Å². The highest BCUT2D eigenvalue weighted by Crippen LogP contribution is 2.35. The topological polar surface area (TPSA) is 91.0 Å². The molecule has 1 aliphatic rings. The largest absolute Gasteiger partial charge is 0.385 e. The van der Waals surface area contributed by atoms with Crippen LogP contribution < -0.4 is 10.6 Å². The molecule has 1 aliphatic heterocycles. The number of halogens is 2. The maximum absolute atomic E-state index is 14.9. The Bertz CT molecular complexity index is 1670. The molecular weight excluding hydrogens is 477 g/mol. The molecular formula is C27H21ClFN7. The second-order valence-corrected chi connectivity index (χ2v) is 8.90. The van der Waals surface area contributed by atoms with Crippen molar-refractivity contribution < 1.29 is 4.39 Å². The van der Waals surface area contributed by atoms with E-state index in [0.29, 0.717) is 45.4 Å². The van der Waals surface area contributed by atoms with Gasteiger partial charge in [-0.1, -0.05) is 17.7 Å². The quantitative estimate of drug-likeness (QED) is 0.305. The minimum atomic E-state index is -0.412. The molecule has 0 amide bonds. The maximum atomic E-state index is 14.9. The van der Waals surface area contributed by atoms with Crippen molar-refractivity contribution in [2.45, 2.75) is 0 Å². The molecule has 5 aromatic rings. The lowest BCUT2D eigenvalue weighted by molar-refractivity contribution is 0.601. The average Bonchev–Trinajstić information content (AvgIpc) is 3.30. The van der Waals surface area contributed by atoms with Gasteiger partial charge in [-0.25, -0.2) is 14.4 Å². The van der Waals surface area contributed by atoms with Gasteiger partial charge in [0, 0.05) is 65.7 Å². The summed E-state index contributed by atoms with van der Waals surface area (Å²) in [5.74, 6) is -0.412. The van der Waals surface area contributed by atoms with Crippen LogP contribution in [0.2, 0.25) is 5.02 Å². The van der Waals surface area contributed by atoms with Crippen molar-refractivity contribution in [1.29, 1.82) is 5.41 Å². The number of rotatable bonds is 4. The molecule has 1 fully saturated rings. The summed E-state index contributed by atoms with van der Waals surface area (Å²) in [6.45, 7) is 2.34. The Morgan fingerprint density at radius 3 is 2.81 bits per heavy atom. The van der Waals surface area contributed by atoms with Crippen molar-refractivity contribution in [2.75, 3.05) is 19.6 Å². The van der Waals surface area contributed by atoms with Crippen molar-refractivity contribution in [1.82, 2.24) is 30.0 Å². The molecule has 0 atom stereocenters. The molecule has 5 heterocycles. The molecule has 0 bridgehead atoms. The van der Waals surface area contributed by atoms with E-state index >= 15 is 0 Å². The van der Waals surface area contributed by atoms with E-state index in [1.54, 1.807) is 12.3 Å². The lowest BCUT2D eigenvalue weighted by Gasteiger charge is -2.20. The Balaban J connectivity index is 1.55. The van der Waals surface area contributed by atoms with Gasteiger partial charge in [0.1, 0.15) is 17.2 Å². The first-order valence-electron chi connectivity index (χ1n) is 11.5. The van der Waals surface area contributed by atoms with Gasteiger partial charge in [0.15, 0.2) is 0 Å². The summed E-state index contributed by atoms with van der Waals surface area (Å²) in [6, 6.07) is 15.8. The number of nitrogens with zero attached hydrogens (tertiary/aromatic N) is 4. The first kappa shape index (κ1) is 22.3. The summed E-state index contributed by atoms with van der Waals surface area (Å²) in [7, 11) is 0. The van der Waals surface area contributed by atoms with E-state index in [1.807, 2.05) is 47.0 Å². The van der Waals surface area contributed by atoms with Crippen LogP contribution in [0.15, 0.2) is 72.7 Å². The zero-order chi connectivity index (χ0) is 24.6. The van der Waals surface area contributed by atoms with Gasteiger partial charge in [0.25, 0.3) is 0 Å². The predicted molar refractivity (Wildman–Crippen MR) is 141 cm³/mol. The van der Waals surface area contributed by atoms with Gasteiger partial charge in [0.05, 0.1) is 22.4 Å². The number of fused-ring (bicyclic) bond motifs is 2. The van der Waals surface area contributed by atoms with Crippen LogP contribution in [-0.4, -0.2) is 45.2 Å². The van der Waals surface area contributed by atoms with Crippen LogP contribution in [0.3, 0.4) is 0 Å². The molecule has 178 valence electrons. The number of aromatic nitrogens is 4. The van der Waals surface area contributed by atoms with Gasteiger partial charge in [0.2, 0.25) is 0 Å². The molecule has 6 rings (SSSR count). The minimum absolute atomic E-state index is 0.307. The van der Waals surface area contributed by atoms with Crippen molar-refractivity contribution in [2.24, 2.45) is 0 Å². The lowest BCUT2D eigenvalue weighted by atomic mass is 10.0. The first-order valence-corrected chi connectivity index (χ1v) is 11.9. The fourth-order valence-corrected chi connectivity index (χ4v) is 4.68. The second kappa shape index (κ2) is 9.14. The molecule has 1 aromatic carbocycles. The van der Waals surface area contributed by atoms with Crippen LogP contribution in [0.5, 0.6) is 0 Å². The van der Waals surface area contributed by atoms with Crippen molar-refractivity contribution in [3.05, 3.63) is 89.1 Å². The number of pyridine rings is 3. The molecule has 7 nitrogen and oxygen atoms in total. The van der Waals surface area contributed by atoms with Gasteiger partial charge < -0.3 is 16.0 Å². The third kappa shape index (κ3) is 3.90. The molecule has 0 unspecified atom stereocenters. The molecule has 36 heavy (non-hydrogen) atoms. The Hall–Kier alpha value is -4.14. The number of imidazole rings is 1. The van der Waals surface area contributed by atoms with E-state index in [9.17, 15) is 4.39 Å². The number of hydrogen-bond donors (Lipinski definition) is 3. The normalized spacial score (nSPS) is 15.2. The Morgan fingerprint density at radius 1 is 1.06 bits per heavy atom. The molecule has 0 aliphatic carbocycles. The van der Waals surface area contributed by atoms with Crippen molar-refractivity contribution in [3.63, 3.8) is 0 Å². The van der Waals surface area contributed by atoms with Crippen LogP contribution in [0, 0.1) is 11.2 Å². The SMILES string of the molecule is N=C/C(=C1/CNCCN1)c1cnc2ccc(-c3c(-c4cc(Cl)ccc4F)nc4ccccn34)nc2c1. The van der Waals surface area contributed by atoms with E-state index in [2.05, 4.69) is 15.6 Å². The minimum Gasteiger partial charge on any atom is -0.385 e. The highest BCUT2D eigenvalue weighted by Gasteiger charge is 2.20. The van der Waals surface area contributed by atoms with Gasteiger partial charge in [-0.3, -0.25) is 9.38 Å². The molecule has 9 heteroatoms. The molecule has 0 radical (unpaired) electrons. The van der Waals surface area contributed by atoms with Crippen molar-refractivity contribution in [3.8, 4) is 22.6 Å². The van der Waals surface area contributed by atoms with E-state index in [0.717, 1.165) is 35.4 Å². The number of allylic oxidation sites excluding steroid dienone is 1. The number of hydrogen-bond acceptors (Lipinski definition) is 6. The maximum Gasteiger partial charge on any atom is 0.137 e. The summed E-state index contributed by atoms with van der Waals surface area (Å²) in [5, 5.41) is 15.1. The molecule has 4 aromatic heterocycles. The smallest absolute Gasteiger partial charge is 0.137 e. The van der Waals surface area contributed by atoms with Crippen LogP contribution in [0.1, 0.15) is 5.56 Å².